The quantitative estimate of drug-likeness (QED) is 0.141. The second-order valence-electron chi connectivity index (χ2n) is 25.8. The minimum absolute atomic E-state index is 0.593. The molecule has 0 atom stereocenters. The number of pyridine rings is 9. The predicted octanol–water partition coefficient (Wildman–Crippen LogP) is 9.51. The van der Waals surface area contributed by atoms with Crippen molar-refractivity contribution >= 4 is 94.3 Å². The van der Waals surface area contributed by atoms with Gasteiger partial charge in [-0.3, -0.25) is 29.5 Å². The molecule has 0 spiro atoms. The molecule has 5 aliphatic rings. The summed E-state index contributed by atoms with van der Waals surface area (Å²) in [6.07, 6.45) is 33.6. The average Bonchev–Trinajstić information content (AvgIpc) is 1.57. The molecule has 0 N–H and O–H groups in total. The molecular formula is C77H55N24OS+5. The Labute approximate surface area is 589 Å². The first kappa shape index (κ1) is 54.1. The molecule has 0 amide bonds. The molecule has 0 aliphatic carbocycles. The molecule has 26 heteroatoms. The zero-order chi connectivity index (χ0) is 70.2. The van der Waals surface area contributed by atoms with Gasteiger partial charge in [0.25, 0.3) is 5.65 Å². The van der Waals surface area contributed by atoms with Gasteiger partial charge in [0.05, 0.1) is 31.0 Å². The highest BCUT2D eigenvalue weighted by molar-refractivity contribution is 7.20. The van der Waals surface area contributed by atoms with Gasteiger partial charge in [-0.25, -0.2) is 42.8 Å². The minimum atomic E-state index is -2.27. The maximum absolute atomic E-state index is 7.88. The number of rotatable bonds is 1. The monoisotopic (exact) mass is 1370 g/mol. The Morgan fingerprint density at radius 1 is 0.417 bits per heavy atom. The lowest BCUT2D eigenvalue weighted by Crippen LogP contribution is -2.31. The molecule has 103 heavy (non-hydrogen) atoms. The largest absolute Gasteiger partial charge is 0.414 e. The second kappa shape index (κ2) is 21.8. The molecule has 1 aromatic carbocycles. The number of nitrogens with zero attached hydrogens (tertiary/aromatic N) is 24. The van der Waals surface area contributed by atoms with Gasteiger partial charge in [0.15, 0.2) is 75.2 Å². The molecule has 0 bridgehead atoms. The van der Waals surface area contributed by atoms with Crippen LogP contribution in [0.4, 0.5) is 0 Å². The second-order valence-corrected chi connectivity index (χ2v) is 26.7. The van der Waals surface area contributed by atoms with Crippen molar-refractivity contribution in [3.05, 3.63) is 267 Å². The number of aryl methyl sites for hydroxylation is 2. The fourth-order valence-corrected chi connectivity index (χ4v) is 16.9. The van der Waals surface area contributed by atoms with Crippen LogP contribution in [0, 0.1) is 0 Å². The van der Waals surface area contributed by atoms with Crippen LogP contribution in [0.3, 0.4) is 0 Å². The Morgan fingerprint density at radius 2 is 0.883 bits per heavy atom. The smallest absolute Gasteiger partial charge is 0.347 e. The predicted molar refractivity (Wildman–Crippen MR) is 381 cm³/mol. The summed E-state index contributed by atoms with van der Waals surface area (Å²) < 4.78 is 56.8. The summed E-state index contributed by atoms with van der Waals surface area (Å²) in [6.45, 7) is 1.89. The number of thiazole rings is 1. The zero-order valence-corrected chi connectivity index (χ0v) is 55.4. The summed E-state index contributed by atoms with van der Waals surface area (Å²) in [7, 11) is 2.08. The summed E-state index contributed by atoms with van der Waals surface area (Å²) >= 11 is 1.68. The highest BCUT2D eigenvalue weighted by Gasteiger charge is 2.39. The number of imidazole rings is 8. The van der Waals surface area contributed by atoms with Crippen LogP contribution in [0.1, 0.15) is 31.9 Å². The number of aromatic nitrogens is 24. The lowest BCUT2D eigenvalue weighted by molar-refractivity contribution is -0.670. The number of para-hydroxylation sites is 1. The minimum Gasteiger partial charge on any atom is -0.414 e. The standard InChI is InChI=1S/C20H14N5.2C15H12N5.C14H9N4O.C13H8N5S/c1-2-6-15(7-3-1)24-17-11-21-10-8-16(17)25-18(24)13-23-12-14-5-4-9-22-19(14)20(23)25;2*1-18-12-7-16-6-4-11(12)20-13(18)9-19-8-10-3-2-5-17-14(10)15(19)20;1-2-9-7-17-8-12-18(14(17)13(9)16-4-1)10-3-5-15-6-11(10)19-12;1-3-8-7-17-12-11(19-13(17)10(8)14-5-1)16-9-4-2-6-15-18(9)12/h1-11,13H,12H2;2*2-7,9H,8H2,1H3;1-6,8H,7H2;1-6H,7H2/q5*+1/i;1D3;;;. The topological polar surface area (TPSA) is 211 Å². The van der Waals surface area contributed by atoms with Crippen molar-refractivity contribution in [3.63, 3.8) is 0 Å². The summed E-state index contributed by atoms with van der Waals surface area (Å²) in [5, 5.41) is 5.58. The highest BCUT2D eigenvalue weighted by Crippen LogP contribution is 2.37. The van der Waals surface area contributed by atoms with Gasteiger partial charge >= 0.3 is 34.7 Å². The molecule has 5 aliphatic heterocycles. The van der Waals surface area contributed by atoms with E-state index in [1.807, 2.05) is 138 Å². The van der Waals surface area contributed by atoms with E-state index in [1.165, 1.54) is 43.0 Å². The van der Waals surface area contributed by atoms with E-state index in [9.17, 15) is 0 Å². The van der Waals surface area contributed by atoms with Crippen LogP contribution < -0.4 is 22.8 Å². The van der Waals surface area contributed by atoms with E-state index in [4.69, 9.17) is 8.53 Å². The Hall–Kier alpha value is -13.9. The third-order valence-corrected chi connectivity index (χ3v) is 21.2. The molecule has 0 saturated heterocycles. The van der Waals surface area contributed by atoms with Crippen molar-refractivity contribution < 1.29 is 31.4 Å². The van der Waals surface area contributed by atoms with Gasteiger partial charge in [0.2, 0.25) is 26.8 Å². The number of oxazole rings is 1. The molecule has 25 heterocycles. The normalized spacial score (nSPS) is 13.5. The van der Waals surface area contributed by atoms with Crippen molar-refractivity contribution in [3.8, 4) is 62.5 Å². The first-order valence-corrected chi connectivity index (χ1v) is 34.3. The van der Waals surface area contributed by atoms with Crippen LogP contribution in [0.2, 0.25) is 0 Å². The SMILES string of the molecule is Cn1c2cnccc2n2c3[n+](cc12)Cc1cccnc1-3.[2H]C([2H])([2H])n1c2cnccc2n2c3[n+](cc12)Cc1cccnc1-3.c1ccc(-n2c3cnccc3n3c4[n+](cc23)Cc2cccnc2-4)cc1.c1cnc2c(c1)C[n+]1c-2sc2nc3cccnn3c21.c1cnc2c(c1)C[n+]1cc3oc4cnccc4n3c1-2. The summed E-state index contributed by atoms with van der Waals surface area (Å²) in [6, 6.07) is 42.7. The lowest BCUT2D eigenvalue weighted by Gasteiger charge is -2.02. The zero-order valence-electron chi connectivity index (χ0n) is 57.6. The maximum atomic E-state index is 7.88. The molecule has 21 aromatic rings. The van der Waals surface area contributed by atoms with Crippen LogP contribution in [-0.2, 0) is 46.7 Å². The highest BCUT2D eigenvalue weighted by atomic mass is 32.1. The number of benzene rings is 1. The lowest BCUT2D eigenvalue weighted by atomic mass is 10.2. The third kappa shape index (κ3) is 8.33. The van der Waals surface area contributed by atoms with Crippen LogP contribution in [-0.4, -0.2) is 90.8 Å². The third-order valence-electron chi connectivity index (χ3n) is 20.1. The van der Waals surface area contributed by atoms with E-state index in [1.54, 1.807) is 48.5 Å². The summed E-state index contributed by atoms with van der Waals surface area (Å²) in [5.74, 6) is 4.29. The van der Waals surface area contributed by atoms with Crippen molar-refractivity contribution in [1.29, 1.82) is 0 Å². The van der Waals surface area contributed by atoms with Crippen LogP contribution in [0.15, 0.2) is 243 Å². The number of fused-ring (bicyclic) bond motifs is 35. The fraction of sp³-hybridized carbons (Fsp3) is 0.0909. The molecule has 0 fully saturated rings. The first-order chi connectivity index (χ1) is 52.1. The Kier molecular flexibility index (Phi) is 11.5. The van der Waals surface area contributed by atoms with Gasteiger partial charge in [0, 0.05) is 138 Å². The van der Waals surface area contributed by atoms with Gasteiger partial charge in [-0.05, 0) is 48.5 Å². The Balaban J connectivity index is 0.0000000830. The van der Waals surface area contributed by atoms with E-state index >= 15 is 0 Å². The van der Waals surface area contributed by atoms with Crippen molar-refractivity contribution in [1.82, 2.24) is 90.8 Å². The Bertz CT molecular complexity index is 7250. The van der Waals surface area contributed by atoms with Crippen LogP contribution >= 0.6 is 11.3 Å². The summed E-state index contributed by atoms with van der Waals surface area (Å²) in [4.78, 5) is 45.1. The molecule has 490 valence electrons. The van der Waals surface area contributed by atoms with Gasteiger partial charge in [0.1, 0.15) is 55.0 Å². The van der Waals surface area contributed by atoms with E-state index in [0.717, 1.165) is 150 Å². The van der Waals surface area contributed by atoms with Gasteiger partial charge in [-0.15, -0.1) is 0 Å². The molecule has 0 unspecified atom stereocenters. The van der Waals surface area contributed by atoms with E-state index in [2.05, 4.69) is 180 Å². The van der Waals surface area contributed by atoms with E-state index < -0.39 is 6.98 Å². The van der Waals surface area contributed by atoms with Crippen molar-refractivity contribution in [2.75, 3.05) is 0 Å². The number of hydrogen-bond acceptors (Lipinski definition) is 13. The maximum Gasteiger partial charge on any atom is 0.347 e. The van der Waals surface area contributed by atoms with Gasteiger partial charge < -0.3 is 13.6 Å². The molecule has 0 radical (unpaired) electrons. The van der Waals surface area contributed by atoms with Crippen LogP contribution in [0.25, 0.3) is 145 Å². The van der Waals surface area contributed by atoms with Crippen molar-refractivity contribution in [2.45, 2.75) is 32.7 Å². The molecular weight excluding hydrogens is 1310 g/mol. The van der Waals surface area contributed by atoms with Crippen LogP contribution in [0.5, 0.6) is 0 Å². The van der Waals surface area contributed by atoms with E-state index in [-0.39, 0.29) is 0 Å². The molecule has 0 saturated carbocycles. The van der Waals surface area contributed by atoms with Gasteiger partial charge in [-0.2, -0.15) is 22.6 Å². The fourth-order valence-electron chi connectivity index (χ4n) is 15.7. The molecule has 20 aromatic heterocycles. The first-order valence-electron chi connectivity index (χ1n) is 35.0. The van der Waals surface area contributed by atoms with E-state index in [0.29, 0.717) is 17.7 Å². The van der Waals surface area contributed by atoms with Crippen molar-refractivity contribution in [2.24, 2.45) is 14.0 Å². The average molecular weight is 1370 g/mol. The Morgan fingerprint density at radius 3 is 1.47 bits per heavy atom. The van der Waals surface area contributed by atoms with Gasteiger partial charge in [-0.1, -0.05) is 69.5 Å². The number of hydrogen-bond donors (Lipinski definition) is 0. The summed E-state index contributed by atoms with van der Waals surface area (Å²) in [5.41, 5.74) is 25.9. The molecule has 26 rings (SSSR count). The molecule has 25 nitrogen and oxygen atoms in total.